The number of anilines is 1. The molecule has 0 saturated heterocycles. The Hall–Kier alpha value is -2.62. The lowest BCUT2D eigenvalue weighted by molar-refractivity contribution is -0.137. The summed E-state index contributed by atoms with van der Waals surface area (Å²) in [6.45, 7) is 0.341. The van der Waals surface area contributed by atoms with Gasteiger partial charge < -0.3 is 10.2 Å². The summed E-state index contributed by atoms with van der Waals surface area (Å²) in [7, 11) is 1.58. The number of likely N-dealkylation sites (N-methyl/N-ethyl adjacent to an activating group) is 1. The van der Waals surface area contributed by atoms with E-state index in [2.05, 4.69) is 5.32 Å². The smallest absolute Gasteiger partial charge is 0.316 e. The van der Waals surface area contributed by atoms with Crippen molar-refractivity contribution in [2.24, 2.45) is 0 Å². The van der Waals surface area contributed by atoms with Crippen LogP contribution < -0.4 is 10.2 Å². The maximum atomic E-state index is 12.0. The molecule has 0 atom stereocenters. The zero-order valence-corrected chi connectivity index (χ0v) is 11.2. The van der Waals surface area contributed by atoms with Gasteiger partial charge in [-0.05, 0) is 17.7 Å². The molecule has 4 heteroatoms. The van der Waals surface area contributed by atoms with Crippen molar-refractivity contribution in [2.45, 2.75) is 6.54 Å². The number of amides is 2. The van der Waals surface area contributed by atoms with Gasteiger partial charge in [-0.15, -0.1) is 0 Å². The summed E-state index contributed by atoms with van der Waals surface area (Å²) in [6.07, 6.45) is 0. The van der Waals surface area contributed by atoms with Crippen molar-refractivity contribution < 1.29 is 9.59 Å². The van der Waals surface area contributed by atoms with Crippen LogP contribution in [0.1, 0.15) is 5.56 Å². The van der Waals surface area contributed by atoms with Crippen molar-refractivity contribution in [3.05, 3.63) is 66.2 Å². The van der Waals surface area contributed by atoms with Crippen LogP contribution in [0.3, 0.4) is 0 Å². The second-order valence-corrected chi connectivity index (χ2v) is 4.37. The molecule has 0 spiro atoms. The molecule has 1 N–H and O–H groups in total. The maximum Gasteiger partial charge on any atom is 0.316 e. The van der Waals surface area contributed by atoms with E-state index in [-0.39, 0.29) is 0 Å². The summed E-state index contributed by atoms with van der Waals surface area (Å²) < 4.78 is 0. The SMILES string of the molecule is CN(C(=O)C(=O)NCc1ccccc1)c1ccccc1. The van der Waals surface area contributed by atoms with Crippen LogP contribution in [0.4, 0.5) is 5.69 Å². The zero-order valence-electron chi connectivity index (χ0n) is 11.2. The molecule has 2 rings (SSSR count). The number of hydrogen-bond acceptors (Lipinski definition) is 2. The summed E-state index contributed by atoms with van der Waals surface area (Å²) in [5.41, 5.74) is 1.64. The third-order valence-electron chi connectivity index (χ3n) is 2.94. The van der Waals surface area contributed by atoms with Crippen LogP contribution in [0.5, 0.6) is 0 Å². The monoisotopic (exact) mass is 268 g/mol. The first-order valence-electron chi connectivity index (χ1n) is 6.33. The Bertz CT molecular complexity index is 582. The Morgan fingerprint density at radius 2 is 1.50 bits per heavy atom. The summed E-state index contributed by atoms with van der Waals surface area (Å²) in [4.78, 5) is 25.1. The minimum Gasteiger partial charge on any atom is -0.344 e. The van der Waals surface area contributed by atoms with Gasteiger partial charge in [-0.3, -0.25) is 9.59 Å². The van der Waals surface area contributed by atoms with Crippen molar-refractivity contribution in [1.29, 1.82) is 0 Å². The van der Waals surface area contributed by atoms with Crippen molar-refractivity contribution in [1.82, 2.24) is 5.32 Å². The first kappa shape index (κ1) is 13.8. The second-order valence-electron chi connectivity index (χ2n) is 4.37. The minimum atomic E-state index is -0.611. The van der Waals surface area contributed by atoms with Gasteiger partial charge in [0.25, 0.3) is 0 Å². The van der Waals surface area contributed by atoms with E-state index < -0.39 is 11.8 Å². The average Bonchev–Trinajstić information content (AvgIpc) is 2.53. The van der Waals surface area contributed by atoms with E-state index in [9.17, 15) is 9.59 Å². The number of nitrogens with one attached hydrogen (secondary N) is 1. The fourth-order valence-corrected chi connectivity index (χ4v) is 1.77. The fourth-order valence-electron chi connectivity index (χ4n) is 1.77. The zero-order chi connectivity index (χ0) is 14.4. The van der Waals surface area contributed by atoms with E-state index in [0.717, 1.165) is 5.56 Å². The molecule has 0 heterocycles. The van der Waals surface area contributed by atoms with Crippen LogP contribution in [-0.2, 0) is 16.1 Å². The number of para-hydroxylation sites is 1. The van der Waals surface area contributed by atoms with Crippen LogP contribution in [0.15, 0.2) is 60.7 Å². The van der Waals surface area contributed by atoms with Crippen LogP contribution in [-0.4, -0.2) is 18.9 Å². The highest BCUT2D eigenvalue weighted by Crippen LogP contribution is 2.10. The largest absolute Gasteiger partial charge is 0.344 e. The van der Waals surface area contributed by atoms with E-state index in [1.54, 1.807) is 19.2 Å². The standard InChI is InChI=1S/C16H16N2O2/c1-18(14-10-6-3-7-11-14)16(20)15(19)17-12-13-8-4-2-5-9-13/h2-11H,12H2,1H3,(H,17,19). The molecule has 2 aromatic carbocycles. The number of hydrogen-bond donors (Lipinski definition) is 1. The Morgan fingerprint density at radius 1 is 0.950 bits per heavy atom. The summed E-state index contributed by atoms with van der Waals surface area (Å²) >= 11 is 0. The predicted octanol–water partition coefficient (Wildman–Crippen LogP) is 1.97. The van der Waals surface area contributed by atoms with Crippen LogP contribution >= 0.6 is 0 Å². The maximum absolute atomic E-state index is 12.0. The van der Waals surface area contributed by atoms with Gasteiger partial charge in [-0.25, -0.2) is 0 Å². The Labute approximate surface area is 118 Å². The van der Waals surface area contributed by atoms with E-state index in [4.69, 9.17) is 0 Å². The number of nitrogens with zero attached hydrogens (tertiary/aromatic N) is 1. The molecular formula is C16H16N2O2. The lowest BCUT2D eigenvalue weighted by Crippen LogP contribution is -2.40. The Kier molecular flexibility index (Phi) is 4.50. The molecule has 20 heavy (non-hydrogen) atoms. The highest BCUT2D eigenvalue weighted by Gasteiger charge is 2.19. The molecule has 0 bridgehead atoms. The molecule has 0 unspecified atom stereocenters. The second kappa shape index (κ2) is 6.52. The van der Waals surface area contributed by atoms with E-state index in [1.807, 2.05) is 48.5 Å². The van der Waals surface area contributed by atoms with Crippen LogP contribution in [0.25, 0.3) is 0 Å². The van der Waals surface area contributed by atoms with Gasteiger partial charge in [0.05, 0.1) is 0 Å². The molecule has 0 aliphatic heterocycles. The molecule has 0 aliphatic rings. The minimum absolute atomic E-state index is 0.341. The highest BCUT2D eigenvalue weighted by molar-refractivity contribution is 6.40. The van der Waals surface area contributed by atoms with Gasteiger partial charge in [-0.1, -0.05) is 48.5 Å². The first-order valence-corrected chi connectivity index (χ1v) is 6.33. The molecule has 0 fully saturated rings. The van der Waals surface area contributed by atoms with Gasteiger partial charge in [0.2, 0.25) is 0 Å². The first-order chi connectivity index (χ1) is 9.68. The van der Waals surface area contributed by atoms with Crippen molar-refractivity contribution in [2.75, 3.05) is 11.9 Å². The quantitative estimate of drug-likeness (QED) is 0.865. The third-order valence-corrected chi connectivity index (χ3v) is 2.94. The lowest BCUT2D eigenvalue weighted by atomic mass is 10.2. The highest BCUT2D eigenvalue weighted by atomic mass is 16.2. The normalized spacial score (nSPS) is 9.85. The molecular weight excluding hydrogens is 252 g/mol. The molecule has 0 aromatic heterocycles. The fraction of sp³-hybridized carbons (Fsp3) is 0.125. The molecule has 0 aliphatic carbocycles. The summed E-state index contributed by atoms with van der Waals surface area (Å²) in [5.74, 6) is -1.19. The predicted molar refractivity (Wildman–Crippen MR) is 78.1 cm³/mol. The van der Waals surface area contributed by atoms with Gasteiger partial charge in [-0.2, -0.15) is 0 Å². The summed E-state index contributed by atoms with van der Waals surface area (Å²) in [6, 6.07) is 18.5. The molecule has 4 nitrogen and oxygen atoms in total. The van der Waals surface area contributed by atoms with E-state index >= 15 is 0 Å². The van der Waals surface area contributed by atoms with Crippen molar-refractivity contribution >= 4 is 17.5 Å². The number of rotatable bonds is 3. The topological polar surface area (TPSA) is 49.4 Å². The molecule has 2 aromatic rings. The van der Waals surface area contributed by atoms with E-state index in [0.29, 0.717) is 12.2 Å². The van der Waals surface area contributed by atoms with Crippen LogP contribution in [0, 0.1) is 0 Å². The van der Waals surface area contributed by atoms with Crippen molar-refractivity contribution in [3.63, 3.8) is 0 Å². The number of carbonyl (C=O) groups is 2. The van der Waals surface area contributed by atoms with Gasteiger partial charge in [0.15, 0.2) is 0 Å². The van der Waals surface area contributed by atoms with Crippen molar-refractivity contribution in [3.8, 4) is 0 Å². The molecule has 0 radical (unpaired) electrons. The summed E-state index contributed by atoms with van der Waals surface area (Å²) in [5, 5.41) is 2.62. The number of benzene rings is 2. The van der Waals surface area contributed by atoms with Gasteiger partial charge in [0, 0.05) is 19.3 Å². The third kappa shape index (κ3) is 3.45. The average molecular weight is 268 g/mol. The van der Waals surface area contributed by atoms with Gasteiger partial charge >= 0.3 is 11.8 Å². The molecule has 2 amide bonds. The van der Waals surface area contributed by atoms with E-state index in [1.165, 1.54) is 4.90 Å². The molecule has 102 valence electrons. The lowest BCUT2D eigenvalue weighted by Gasteiger charge is -2.16. The van der Waals surface area contributed by atoms with Gasteiger partial charge in [0.1, 0.15) is 0 Å². The molecule has 0 saturated carbocycles. The number of carbonyl (C=O) groups excluding carboxylic acids is 2. The Morgan fingerprint density at radius 3 is 2.10 bits per heavy atom. The Balaban J connectivity index is 1.94. The van der Waals surface area contributed by atoms with Crippen LogP contribution in [0.2, 0.25) is 0 Å².